The number of rotatable bonds is 4. The molecule has 0 unspecified atom stereocenters. The summed E-state index contributed by atoms with van der Waals surface area (Å²) in [6, 6.07) is 10.2. The van der Waals surface area contributed by atoms with Crippen molar-refractivity contribution in [2.45, 2.75) is 5.33 Å². The Hall–Kier alpha value is -0.920. The number of alkyl halides is 1. The van der Waals surface area contributed by atoms with Crippen LogP contribution in [0.4, 0.5) is 5.69 Å². The van der Waals surface area contributed by atoms with Crippen molar-refractivity contribution in [2.75, 3.05) is 0 Å². The van der Waals surface area contributed by atoms with Gasteiger partial charge in [-0.05, 0) is 45.8 Å². The van der Waals surface area contributed by atoms with Gasteiger partial charge in [-0.2, -0.15) is 0 Å². The van der Waals surface area contributed by atoms with Crippen molar-refractivity contribution >= 4 is 53.5 Å². The highest BCUT2D eigenvalue weighted by Crippen LogP contribution is 2.36. The van der Waals surface area contributed by atoms with Crippen LogP contribution in [0.15, 0.2) is 45.3 Å². The van der Waals surface area contributed by atoms with E-state index < -0.39 is 4.92 Å². The number of hydrogen-bond acceptors (Lipinski definition) is 3. The molecule has 0 aliphatic rings. The van der Waals surface area contributed by atoms with E-state index in [4.69, 9.17) is 4.74 Å². The molecule has 0 saturated carbocycles. The van der Waals surface area contributed by atoms with Gasteiger partial charge in [-0.1, -0.05) is 37.9 Å². The number of nitrogens with zero attached hydrogens (tertiary/aromatic N) is 1. The molecule has 7 heteroatoms. The fourth-order valence-electron chi connectivity index (χ4n) is 1.55. The van der Waals surface area contributed by atoms with Crippen LogP contribution >= 0.6 is 47.8 Å². The molecule has 0 aromatic heterocycles. The molecular formula is C13H8Br3NO3. The zero-order valence-corrected chi connectivity index (χ0v) is 14.7. The van der Waals surface area contributed by atoms with E-state index in [1.54, 1.807) is 24.3 Å². The number of nitro benzene ring substituents is 1. The molecule has 0 aliphatic carbocycles. The topological polar surface area (TPSA) is 52.4 Å². The van der Waals surface area contributed by atoms with Crippen molar-refractivity contribution in [3.8, 4) is 11.5 Å². The van der Waals surface area contributed by atoms with Crippen molar-refractivity contribution in [3.05, 3.63) is 61.0 Å². The molecule has 0 heterocycles. The van der Waals surface area contributed by atoms with Crippen molar-refractivity contribution in [2.24, 2.45) is 0 Å². The lowest BCUT2D eigenvalue weighted by Gasteiger charge is -2.09. The van der Waals surface area contributed by atoms with Crippen LogP contribution in [0.3, 0.4) is 0 Å². The Morgan fingerprint density at radius 2 is 1.80 bits per heavy atom. The molecule has 0 atom stereocenters. The predicted molar refractivity (Wildman–Crippen MR) is 87.6 cm³/mol. The molecule has 0 bridgehead atoms. The first-order valence-electron chi connectivity index (χ1n) is 5.47. The summed E-state index contributed by atoms with van der Waals surface area (Å²) in [5.41, 5.74) is 0.760. The Balaban J connectivity index is 2.40. The second-order valence-electron chi connectivity index (χ2n) is 3.87. The third-order valence-electron chi connectivity index (χ3n) is 2.49. The molecule has 104 valence electrons. The second kappa shape index (κ2) is 6.69. The third-order valence-corrected chi connectivity index (χ3v) is 4.25. The number of ether oxygens (including phenoxy) is 1. The van der Waals surface area contributed by atoms with Gasteiger partial charge in [0.25, 0.3) is 0 Å². The molecule has 4 nitrogen and oxygen atoms in total. The number of benzene rings is 2. The average molecular weight is 466 g/mol. The number of hydrogen-bond donors (Lipinski definition) is 0. The molecule has 0 amide bonds. The molecule has 0 radical (unpaired) electrons. The summed E-state index contributed by atoms with van der Waals surface area (Å²) in [6.45, 7) is 0. The number of nitro groups is 1. The van der Waals surface area contributed by atoms with Gasteiger partial charge in [0.2, 0.25) is 5.75 Å². The molecule has 2 aromatic carbocycles. The van der Waals surface area contributed by atoms with Gasteiger partial charge in [0.1, 0.15) is 5.75 Å². The molecule has 0 aliphatic heterocycles. The highest BCUT2D eigenvalue weighted by atomic mass is 79.9. The minimum absolute atomic E-state index is 0.0585. The molecule has 0 saturated heterocycles. The van der Waals surface area contributed by atoms with E-state index in [1.165, 1.54) is 6.07 Å². The fourth-order valence-corrected chi connectivity index (χ4v) is 3.03. The Morgan fingerprint density at radius 3 is 2.40 bits per heavy atom. The lowest BCUT2D eigenvalue weighted by Crippen LogP contribution is -1.95. The SMILES string of the molecule is O=[N+]([O-])c1cc(CBr)ccc1Oc1ccc(Br)cc1Br. The fraction of sp³-hybridized carbons (Fsp3) is 0.0769. The number of halogens is 3. The predicted octanol–water partition coefficient (Wildman–Crippen LogP) is 5.81. The summed E-state index contributed by atoms with van der Waals surface area (Å²) in [5.74, 6) is 0.727. The first-order chi connectivity index (χ1) is 9.51. The summed E-state index contributed by atoms with van der Waals surface area (Å²) in [4.78, 5) is 10.7. The van der Waals surface area contributed by atoms with Crippen molar-refractivity contribution in [3.63, 3.8) is 0 Å². The molecule has 0 N–H and O–H groups in total. The zero-order chi connectivity index (χ0) is 14.7. The van der Waals surface area contributed by atoms with E-state index in [-0.39, 0.29) is 11.4 Å². The van der Waals surface area contributed by atoms with E-state index in [1.807, 2.05) is 6.07 Å². The molecule has 0 fully saturated rings. The highest BCUT2D eigenvalue weighted by molar-refractivity contribution is 9.11. The van der Waals surface area contributed by atoms with Gasteiger partial charge < -0.3 is 4.74 Å². The van der Waals surface area contributed by atoms with E-state index in [0.29, 0.717) is 15.6 Å². The first kappa shape index (κ1) is 15.5. The van der Waals surface area contributed by atoms with Crippen molar-refractivity contribution < 1.29 is 9.66 Å². The van der Waals surface area contributed by atoms with Gasteiger partial charge in [0, 0.05) is 15.9 Å². The summed E-state index contributed by atoms with van der Waals surface area (Å²) in [7, 11) is 0. The van der Waals surface area contributed by atoms with Gasteiger partial charge in [-0.15, -0.1) is 0 Å². The first-order valence-corrected chi connectivity index (χ1v) is 8.18. The zero-order valence-electron chi connectivity index (χ0n) is 9.98. The maximum atomic E-state index is 11.1. The van der Waals surface area contributed by atoms with Crippen molar-refractivity contribution in [1.29, 1.82) is 0 Å². The minimum atomic E-state index is -0.450. The van der Waals surface area contributed by atoms with Gasteiger partial charge in [-0.25, -0.2) is 0 Å². The maximum absolute atomic E-state index is 11.1. The van der Waals surface area contributed by atoms with E-state index in [2.05, 4.69) is 47.8 Å². The smallest absolute Gasteiger partial charge is 0.311 e. The Labute approximate surface area is 140 Å². The average Bonchev–Trinajstić information content (AvgIpc) is 2.42. The van der Waals surface area contributed by atoms with Gasteiger partial charge in [0.15, 0.2) is 0 Å². The van der Waals surface area contributed by atoms with Gasteiger partial charge >= 0.3 is 5.69 Å². The Kier molecular flexibility index (Phi) is 5.17. The maximum Gasteiger partial charge on any atom is 0.311 e. The lowest BCUT2D eigenvalue weighted by atomic mass is 10.2. The highest BCUT2D eigenvalue weighted by Gasteiger charge is 2.17. The van der Waals surface area contributed by atoms with E-state index >= 15 is 0 Å². The van der Waals surface area contributed by atoms with Crippen LogP contribution in [0.1, 0.15) is 5.56 Å². The summed E-state index contributed by atoms with van der Waals surface area (Å²) in [5, 5.41) is 11.7. The molecule has 2 rings (SSSR count). The van der Waals surface area contributed by atoms with E-state index in [0.717, 1.165) is 10.0 Å². The summed E-state index contributed by atoms with van der Waals surface area (Å²) in [6.07, 6.45) is 0. The molecular weight excluding hydrogens is 458 g/mol. The Bertz CT molecular complexity index is 661. The Morgan fingerprint density at radius 1 is 1.10 bits per heavy atom. The minimum Gasteiger partial charge on any atom is -0.449 e. The van der Waals surface area contributed by atoms with Gasteiger partial charge in [0.05, 0.1) is 9.40 Å². The van der Waals surface area contributed by atoms with Crippen LogP contribution in [0, 0.1) is 10.1 Å². The lowest BCUT2D eigenvalue weighted by molar-refractivity contribution is -0.385. The summed E-state index contributed by atoms with van der Waals surface area (Å²) < 4.78 is 7.23. The standard InChI is InChI=1S/C13H8Br3NO3/c14-7-8-1-3-13(11(5-8)17(18)19)20-12-4-2-9(15)6-10(12)16/h1-6H,7H2. The van der Waals surface area contributed by atoms with Crippen molar-refractivity contribution in [1.82, 2.24) is 0 Å². The van der Waals surface area contributed by atoms with Crippen LogP contribution in [-0.4, -0.2) is 4.92 Å². The van der Waals surface area contributed by atoms with Crippen LogP contribution in [0.5, 0.6) is 11.5 Å². The quantitative estimate of drug-likeness (QED) is 0.325. The van der Waals surface area contributed by atoms with Gasteiger partial charge in [-0.3, -0.25) is 10.1 Å². The largest absolute Gasteiger partial charge is 0.449 e. The van der Waals surface area contributed by atoms with Crippen LogP contribution in [0.25, 0.3) is 0 Å². The molecule has 20 heavy (non-hydrogen) atoms. The second-order valence-corrected chi connectivity index (χ2v) is 6.20. The van der Waals surface area contributed by atoms with Crippen LogP contribution in [0.2, 0.25) is 0 Å². The molecule has 0 spiro atoms. The normalized spacial score (nSPS) is 10.3. The third kappa shape index (κ3) is 3.59. The van der Waals surface area contributed by atoms with E-state index in [9.17, 15) is 10.1 Å². The summed E-state index contributed by atoms with van der Waals surface area (Å²) >= 11 is 9.98. The monoisotopic (exact) mass is 463 g/mol. The van der Waals surface area contributed by atoms with Crippen LogP contribution in [-0.2, 0) is 5.33 Å². The molecule has 2 aromatic rings. The van der Waals surface area contributed by atoms with Crippen LogP contribution < -0.4 is 4.74 Å².